The molecule has 3 aromatic rings. The van der Waals surface area contributed by atoms with Crippen LogP contribution in [0.5, 0.6) is 11.5 Å². The number of carbonyl (C=O) groups is 2. The Hall–Kier alpha value is -3.12. The van der Waals surface area contributed by atoms with Crippen LogP contribution in [-0.2, 0) is 9.53 Å². The number of amides is 1. The van der Waals surface area contributed by atoms with E-state index in [-0.39, 0.29) is 6.61 Å². The number of nitrogens with one attached hydrogen (secondary N) is 1. The summed E-state index contributed by atoms with van der Waals surface area (Å²) in [5, 5.41) is 4.52. The second-order valence-corrected chi connectivity index (χ2v) is 6.38. The van der Waals surface area contributed by atoms with Crippen LogP contribution in [0.2, 0.25) is 0 Å². The topological polar surface area (TPSA) is 64.6 Å². The van der Waals surface area contributed by atoms with E-state index in [1.165, 1.54) is 11.3 Å². The summed E-state index contributed by atoms with van der Waals surface area (Å²) >= 11 is 1.29. The monoisotopic (exact) mass is 367 g/mol. The summed E-state index contributed by atoms with van der Waals surface area (Å²) in [4.78, 5) is 24.6. The van der Waals surface area contributed by atoms with Crippen LogP contribution in [0.4, 0.5) is 5.69 Å². The van der Waals surface area contributed by atoms with E-state index in [4.69, 9.17) is 9.47 Å². The van der Waals surface area contributed by atoms with Crippen LogP contribution in [0.15, 0.2) is 66.0 Å². The molecule has 1 N–H and O–H groups in total. The van der Waals surface area contributed by atoms with Gasteiger partial charge in [-0.3, -0.25) is 4.79 Å². The maximum absolute atomic E-state index is 12.1. The lowest BCUT2D eigenvalue weighted by Crippen LogP contribution is -2.21. The number of benzene rings is 2. The highest BCUT2D eigenvalue weighted by Gasteiger charge is 2.15. The lowest BCUT2D eigenvalue weighted by atomic mass is 10.3. The third-order valence-electron chi connectivity index (χ3n) is 3.51. The maximum atomic E-state index is 12.1. The highest BCUT2D eigenvalue weighted by atomic mass is 32.1. The first-order valence-corrected chi connectivity index (χ1v) is 8.84. The summed E-state index contributed by atoms with van der Waals surface area (Å²) in [5.74, 6) is 0.236. The zero-order chi connectivity index (χ0) is 18.4. The summed E-state index contributed by atoms with van der Waals surface area (Å²) in [7, 11) is 0. The van der Waals surface area contributed by atoms with Gasteiger partial charge < -0.3 is 14.8 Å². The van der Waals surface area contributed by atoms with Crippen LogP contribution in [0, 0.1) is 6.92 Å². The zero-order valence-corrected chi connectivity index (χ0v) is 14.9. The van der Waals surface area contributed by atoms with Gasteiger partial charge in [0.25, 0.3) is 5.91 Å². The van der Waals surface area contributed by atoms with Crippen molar-refractivity contribution < 1.29 is 19.1 Å². The van der Waals surface area contributed by atoms with Gasteiger partial charge >= 0.3 is 5.97 Å². The molecule has 0 saturated heterocycles. The molecule has 5 nitrogen and oxygen atoms in total. The van der Waals surface area contributed by atoms with Crippen LogP contribution in [-0.4, -0.2) is 18.5 Å². The minimum absolute atomic E-state index is 0.365. The van der Waals surface area contributed by atoms with Crippen LogP contribution < -0.4 is 10.1 Å². The Balaban J connectivity index is 1.61. The summed E-state index contributed by atoms with van der Waals surface area (Å²) in [6, 6.07) is 18.2. The fraction of sp³-hybridized carbons (Fsp3) is 0.100. The Labute approximate surface area is 155 Å². The number of hydrogen-bond donors (Lipinski definition) is 1. The second kappa shape index (κ2) is 8.31. The summed E-state index contributed by atoms with van der Waals surface area (Å²) < 4.78 is 10.9. The number of carbonyl (C=O) groups excluding carboxylic acids is 2. The fourth-order valence-electron chi connectivity index (χ4n) is 2.24. The average molecular weight is 367 g/mol. The molecule has 0 unspecified atom stereocenters. The van der Waals surface area contributed by atoms with Gasteiger partial charge in [0.05, 0.1) is 5.69 Å². The molecule has 0 fully saturated rings. The predicted octanol–water partition coefficient (Wildman–Crippen LogP) is 4.64. The first kappa shape index (κ1) is 17.7. The first-order valence-electron chi connectivity index (χ1n) is 7.96. The third kappa shape index (κ3) is 4.49. The van der Waals surface area contributed by atoms with E-state index in [0.29, 0.717) is 22.1 Å². The van der Waals surface area contributed by atoms with Gasteiger partial charge in [0, 0.05) is 0 Å². The molecule has 132 valence electrons. The molecule has 1 amide bonds. The predicted molar refractivity (Wildman–Crippen MR) is 101 cm³/mol. The highest BCUT2D eigenvalue weighted by Crippen LogP contribution is 2.29. The fourth-order valence-corrected chi connectivity index (χ4v) is 3.06. The largest absolute Gasteiger partial charge is 0.455 e. The van der Waals surface area contributed by atoms with Crippen molar-refractivity contribution in [3.63, 3.8) is 0 Å². The molecule has 0 bridgehead atoms. The maximum Gasteiger partial charge on any atom is 0.349 e. The molecule has 0 radical (unpaired) electrons. The van der Waals surface area contributed by atoms with Crippen molar-refractivity contribution >= 4 is 28.9 Å². The summed E-state index contributed by atoms with van der Waals surface area (Å²) in [5.41, 5.74) is 1.34. The van der Waals surface area contributed by atoms with E-state index in [9.17, 15) is 9.59 Å². The van der Waals surface area contributed by atoms with Crippen LogP contribution in [0.25, 0.3) is 0 Å². The second-order valence-electron chi connectivity index (χ2n) is 5.47. The van der Waals surface area contributed by atoms with E-state index in [0.717, 1.165) is 5.56 Å². The Morgan fingerprint density at radius 3 is 2.46 bits per heavy atom. The number of para-hydroxylation sites is 3. The number of rotatable bonds is 6. The average Bonchev–Trinajstić information content (AvgIpc) is 3.08. The molecule has 2 aromatic carbocycles. The van der Waals surface area contributed by atoms with Crippen molar-refractivity contribution in [1.82, 2.24) is 0 Å². The van der Waals surface area contributed by atoms with E-state index in [2.05, 4.69) is 5.32 Å². The van der Waals surface area contributed by atoms with Gasteiger partial charge in [-0.2, -0.15) is 0 Å². The Morgan fingerprint density at radius 2 is 1.73 bits per heavy atom. The van der Waals surface area contributed by atoms with Gasteiger partial charge in [-0.1, -0.05) is 30.3 Å². The zero-order valence-electron chi connectivity index (χ0n) is 14.1. The number of anilines is 1. The third-order valence-corrected chi connectivity index (χ3v) is 4.51. The summed E-state index contributed by atoms with van der Waals surface area (Å²) in [6.45, 7) is 1.46. The molecule has 0 saturated carbocycles. The van der Waals surface area contributed by atoms with E-state index in [1.807, 2.05) is 54.8 Å². The molecule has 0 spiro atoms. The molecule has 26 heavy (non-hydrogen) atoms. The molecule has 0 aliphatic heterocycles. The minimum Gasteiger partial charge on any atom is -0.455 e. The van der Waals surface area contributed by atoms with Crippen molar-refractivity contribution in [3.05, 3.63) is 76.5 Å². The Morgan fingerprint density at radius 1 is 1.00 bits per heavy atom. The van der Waals surface area contributed by atoms with Gasteiger partial charge in [0.2, 0.25) is 0 Å². The van der Waals surface area contributed by atoms with Crippen molar-refractivity contribution in [1.29, 1.82) is 0 Å². The molecule has 6 heteroatoms. The number of thiophene rings is 1. The van der Waals surface area contributed by atoms with E-state index in [1.54, 1.807) is 18.2 Å². The van der Waals surface area contributed by atoms with Crippen molar-refractivity contribution in [3.8, 4) is 11.5 Å². The van der Waals surface area contributed by atoms with Gasteiger partial charge in [-0.25, -0.2) is 4.79 Å². The van der Waals surface area contributed by atoms with Gasteiger partial charge in [0.15, 0.2) is 12.4 Å². The van der Waals surface area contributed by atoms with Crippen molar-refractivity contribution in [2.24, 2.45) is 0 Å². The number of esters is 1. The normalized spacial score (nSPS) is 10.2. The molecule has 1 aromatic heterocycles. The molecular weight excluding hydrogens is 350 g/mol. The smallest absolute Gasteiger partial charge is 0.349 e. The van der Waals surface area contributed by atoms with Crippen molar-refractivity contribution in [2.45, 2.75) is 6.92 Å². The van der Waals surface area contributed by atoms with Crippen LogP contribution >= 0.6 is 11.3 Å². The number of hydrogen-bond acceptors (Lipinski definition) is 5. The first-order chi connectivity index (χ1) is 12.6. The van der Waals surface area contributed by atoms with E-state index >= 15 is 0 Å². The molecule has 1 heterocycles. The standard InChI is InChI=1S/C20H17NO4S/c1-14-11-12-26-19(14)20(23)24-13-18(22)21-16-9-5-6-10-17(16)25-15-7-3-2-4-8-15/h2-12H,13H2,1H3,(H,21,22). The van der Waals surface area contributed by atoms with Gasteiger partial charge in [-0.05, 0) is 48.2 Å². The van der Waals surface area contributed by atoms with Gasteiger partial charge in [0.1, 0.15) is 10.6 Å². The Bertz CT molecular complexity index is 905. The number of aryl methyl sites for hydroxylation is 1. The van der Waals surface area contributed by atoms with E-state index < -0.39 is 11.9 Å². The number of ether oxygens (including phenoxy) is 2. The van der Waals surface area contributed by atoms with Gasteiger partial charge in [-0.15, -0.1) is 11.3 Å². The quantitative estimate of drug-likeness (QED) is 0.645. The Kier molecular flexibility index (Phi) is 5.66. The van der Waals surface area contributed by atoms with Crippen LogP contribution in [0.3, 0.4) is 0 Å². The minimum atomic E-state index is -0.499. The molecule has 0 aliphatic rings. The molecule has 0 atom stereocenters. The van der Waals surface area contributed by atoms with Crippen LogP contribution in [0.1, 0.15) is 15.2 Å². The highest BCUT2D eigenvalue weighted by molar-refractivity contribution is 7.12. The molecular formula is C20H17NO4S. The van der Waals surface area contributed by atoms with Crippen molar-refractivity contribution in [2.75, 3.05) is 11.9 Å². The summed E-state index contributed by atoms with van der Waals surface area (Å²) in [6.07, 6.45) is 0. The molecule has 0 aliphatic carbocycles. The molecule has 3 rings (SSSR count). The lowest BCUT2D eigenvalue weighted by molar-refractivity contribution is -0.119. The SMILES string of the molecule is Cc1ccsc1C(=O)OCC(=O)Nc1ccccc1Oc1ccccc1. The lowest BCUT2D eigenvalue weighted by Gasteiger charge is -2.12.